The minimum Gasteiger partial charge on any atom is -0.338 e. The van der Waals surface area contributed by atoms with E-state index in [1.165, 1.54) is 6.26 Å². The molecule has 1 atom stereocenters. The van der Waals surface area contributed by atoms with Gasteiger partial charge in [-0.1, -0.05) is 0 Å². The van der Waals surface area contributed by atoms with Crippen LogP contribution in [0.25, 0.3) is 0 Å². The van der Waals surface area contributed by atoms with Crippen LogP contribution in [0, 0.1) is 23.2 Å². The Bertz CT molecular complexity index is 775. The largest absolute Gasteiger partial charge is 0.338 e. The lowest BCUT2D eigenvalue weighted by atomic mass is 9.84. The summed E-state index contributed by atoms with van der Waals surface area (Å²) in [5.41, 5.74) is 1.17. The Kier molecular flexibility index (Phi) is 5.11. The van der Waals surface area contributed by atoms with E-state index in [1.807, 2.05) is 4.90 Å². The SMILES string of the molecule is CS(=O)(=O)N1CCC(C2CCN(C(=O)c3ccc(C#N)cc3)C2)CC1. The average Bonchev–Trinajstić information content (AvgIpc) is 3.10. The Hall–Kier alpha value is -1.91. The Morgan fingerprint density at radius 2 is 1.68 bits per heavy atom. The van der Waals surface area contributed by atoms with Crippen LogP contribution < -0.4 is 0 Å². The minimum atomic E-state index is -3.09. The molecule has 25 heavy (non-hydrogen) atoms. The van der Waals surface area contributed by atoms with Crippen molar-refractivity contribution in [3.63, 3.8) is 0 Å². The number of carbonyl (C=O) groups is 1. The van der Waals surface area contributed by atoms with Crippen molar-refractivity contribution in [1.29, 1.82) is 5.26 Å². The molecule has 0 saturated carbocycles. The first-order valence-electron chi connectivity index (χ1n) is 8.63. The molecular weight excluding hydrogens is 338 g/mol. The number of nitriles is 1. The van der Waals surface area contributed by atoms with Crippen molar-refractivity contribution >= 4 is 15.9 Å². The third-order valence-electron chi connectivity index (χ3n) is 5.41. The Labute approximate surface area is 149 Å². The van der Waals surface area contributed by atoms with E-state index in [4.69, 9.17) is 5.26 Å². The van der Waals surface area contributed by atoms with Gasteiger partial charge in [-0.15, -0.1) is 0 Å². The number of rotatable bonds is 3. The Morgan fingerprint density at radius 3 is 2.24 bits per heavy atom. The third kappa shape index (κ3) is 4.02. The van der Waals surface area contributed by atoms with Gasteiger partial charge in [0.15, 0.2) is 0 Å². The van der Waals surface area contributed by atoms with E-state index >= 15 is 0 Å². The number of nitrogens with zero attached hydrogens (tertiary/aromatic N) is 3. The zero-order chi connectivity index (χ0) is 18.0. The van der Waals surface area contributed by atoms with Crippen LogP contribution in [0.2, 0.25) is 0 Å². The summed E-state index contributed by atoms with van der Waals surface area (Å²) in [6.45, 7) is 2.66. The average molecular weight is 361 g/mol. The van der Waals surface area contributed by atoms with Crippen molar-refractivity contribution in [2.75, 3.05) is 32.4 Å². The second-order valence-electron chi connectivity index (χ2n) is 6.99. The monoisotopic (exact) mass is 361 g/mol. The number of piperidine rings is 1. The first kappa shape index (κ1) is 17.9. The van der Waals surface area contributed by atoms with E-state index in [0.717, 1.165) is 32.4 Å². The van der Waals surface area contributed by atoms with Gasteiger partial charge in [-0.05, 0) is 55.4 Å². The van der Waals surface area contributed by atoms with Gasteiger partial charge in [0, 0.05) is 31.7 Å². The number of amides is 1. The van der Waals surface area contributed by atoms with Gasteiger partial charge in [0.05, 0.1) is 17.9 Å². The molecule has 2 fully saturated rings. The summed E-state index contributed by atoms with van der Waals surface area (Å²) in [6, 6.07) is 8.81. The van der Waals surface area contributed by atoms with Crippen molar-refractivity contribution in [1.82, 2.24) is 9.21 Å². The molecule has 1 unspecified atom stereocenters. The first-order chi connectivity index (χ1) is 11.9. The topological polar surface area (TPSA) is 81.5 Å². The summed E-state index contributed by atoms with van der Waals surface area (Å²) >= 11 is 0. The zero-order valence-corrected chi connectivity index (χ0v) is 15.2. The first-order valence-corrected chi connectivity index (χ1v) is 10.5. The van der Waals surface area contributed by atoms with Gasteiger partial charge in [0.25, 0.3) is 5.91 Å². The number of hydrogen-bond donors (Lipinski definition) is 0. The molecule has 7 heteroatoms. The van der Waals surface area contributed by atoms with Crippen molar-refractivity contribution in [3.8, 4) is 6.07 Å². The molecule has 0 spiro atoms. The standard InChI is InChI=1S/C18H23N3O3S/c1-25(23,24)21-10-7-15(8-11-21)17-6-9-20(13-17)18(22)16-4-2-14(12-19)3-5-16/h2-5,15,17H,6-11,13H2,1H3. The molecule has 2 aliphatic heterocycles. The maximum Gasteiger partial charge on any atom is 0.253 e. The predicted octanol–water partition coefficient (Wildman–Crippen LogP) is 1.69. The fourth-order valence-electron chi connectivity index (χ4n) is 3.91. The molecule has 1 aromatic rings. The fourth-order valence-corrected chi connectivity index (χ4v) is 4.78. The van der Waals surface area contributed by atoms with Gasteiger partial charge >= 0.3 is 0 Å². The third-order valence-corrected chi connectivity index (χ3v) is 6.71. The van der Waals surface area contributed by atoms with Crippen molar-refractivity contribution in [2.45, 2.75) is 19.3 Å². The van der Waals surface area contributed by atoms with Gasteiger partial charge in [-0.3, -0.25) is 4.79 Å². The molecule has 134 valence electrons. The molecule has 2 saturated heterocycles. The van der Waals surface area contributed by atoms with Crippen molar-refractivity contribution in [3.05, 3.63) is 35.4 Å². The number of sulfonamides is 1. The van der Waals surface area contributed by atoms with Crippen LogP contribution in [0.15, 0.2) is 24.3 Å². The molecule has 0 bridgehead atoms. The Balaban J connectivity index is 1.57. The quantitative estimate of drug-likeness (QED) is 0.820. The second-order valence-corrected chi connectivity index (χ2v) is 8.97. The van der Waals surface area contributed by atoms with Crippen molar-refractivity contribution < 1.29 is 13.2 Å². The summed E-state index contributed by atoms with van der Waals surface area (Å²) in [6.07, 6.45) is 3.99. The van der Waals surface area contributed by atoms with Crippen LogP contribution in [0.3, 0.4) is 0 Å². The number of benzene rings is 1. The summed E-state index contributed by atoms with van der Waals surface area (Å²) in [7, 11) is -3.09. The number of carbonyl (C=O) groups excluding carboxylic acids is 1. The molecule has 2 heterocycles. The number of hydrogen-bond acceptors (Lipinski definition) is 4. The summed E-state index contributed by atoms with van der Waals surface area (Å²) in [5, 5.41) is 8.84. The lowest BCUT2D eigenvalue weighted by Crippen LogP contribution is -2.40. The smallest absolute Gasteiger partial charge is 0.253 e. The summed E-state index contributed by atoms with van der Waals surface area (Å²) < 4.78 is 24.8. The zero-order valence-electron chi connectivity index (χ0n) is 14.4. The van der Waals surface area contributed by atoms with Gasteiger partial charge in [-0.2, -0.15) is 5.26 Å². The van der Waals surface area contributed by atoms with Crippen LogP contribution in [0.5, 0.6) is 0 Å². The van der Waals surface area contributed by atoms with Crippen LogP contribution in [0.4, 0.5) is 0 Å². The highest BCUT2D eigenvalue weighted by atomic mass is 32.2. The molecule has 0 radical (unpaired) electrons. The lowest BCUT2D eigenvalue weighted by molar-refractivity contribution is 0.0778. The lowest BCUT2D eigenvalue weighted by Gasteiger charge is -2.33. The molecule has 1 aromatic carbocycles. The summed E-state index contributed by atoms with van der Waals surface area (Å²) in [5.74, 6) is 0.946. The van der Waals surface area contributed by atoms with E-state index in [1.54, 1.807) is 28.6 Å². The molecule has 2 aliphatic rings. The minimum absolute atomic E-state index is 0.0144. The molecule has 6 nitrogen and oxygen atoms in total. The van der Waals surface area contributed by atoms with Gasteiger partial charge in [0.2, 0.25) is 10.0 Å². The molecule has 1 amide bonds. The van der Waals surface area contributed by atoms with E-state index in [2.05, 4.69) is 6.07 Å². The second kappa shape index (κ2) is 7.14. The number of likely N-dealkylation sites (tertiary alicyclic amines) is 1. The molecule has 0 N–H and O–H groups in total. The molecule has 3 rings (SSSR count). The van der Waals surface area contributed by atoms with Gasteiger partial charge in [-0.25, -0.2) is 12.7 Å². The van der Waals surface area contributed by atoms with Gasteiger partial charge < -0.3 is 4.90 Å². The Morgan fingerprint density at radius 1 is 1.08 bits per heavy atom. The van der Waals surface area contributed by atoms with Crippen molar-refractivity contribution in [2.24, 2.45) is 11.8 Å². The highest BCUT2D eigenvalue weighted by molar-refractivity contribution is 7.88. The fraction of sp³-hybridized carbons (Fsp3) is 0.556. The van der Waals surface area contributed by atoms with E-state index in [0.29, 0.717) is 36.1 Å². The summed E-state index contributed by atoms with van der Waals surface area (Å²) in [4.78, 5) is 14.5. The van der Waals surface area contributed by atoms with E-state index < -0.39 is 10.0 Å². The molecule has 0 aliphatic carbocycles. The van der Waals surface area contributed by atoms with Crippen LogP contribution >= 0.6 is 0 Å². The highest BCUT2D eigenvalue weighted by Gasteiger charge is 2.35. The van der Waals surface area contributed by atoms with Gasteiger partial charge in [0.1, 0.15) is 0 Å². The van der Waals surface area contributed by atoms with Crippen LogP contribution in [0.1, 0.15) is 35.2 Å². The van der Waals surface area contributed by atoms with E-state index in [9.17, 15) is 13.2 Å². The maximum atomic E-state index is 12.6. The molecule has 0 aromatic heterocycles. The predicted molar refractivity (Wildman–Crippen MR) is 94.3 cm³/mol. The maximum absolute atomic E-state index is 12.6. The van der Waals surface area contributed by atoms with Crippen LogP contribution in [-0.2, 0) is 10.0 Å². The molecular formula is C18H23N3O3S. The van der Waals surface area contributed by atoms with Crippen LogP contribution in [-0.4, -0.2) is 56.0 Å². The van der Waals surface area contributed by atoms with E-state index in [-0.39, 0.29) is 5.91 Å². The highest BCUT2D eigenvalue weighted by Crippen LogP contribution is 2.33. The normalized spacial score (nSPS) is 22.7.